The first-order chi connectivity index (χ1) is 11.9. The average Bonchev–Trinajstić information content (AvgIpc) is 2.97. The van der Waals surface area contributed by atoms with Crippen molar-refractivity contribution in [1.29, 1.82) is 0 Å². The molecule has 0 aliphatic carbocycles. The van der Waals surface area contributed by atoms with E-state index in [4.69, 9.17) is 17.3 Å². The second-order valence-corrected chi connectivity index (χ2v) is 6.83. The zero-order chi connectivity index (χ0) is 18.4. The number of nitrogens with two attached hydrogens (primary N) is 1. The highest BCUT2D eigenvalue weighted by Crippen LogP contribution is 2.25. The number of aliphatic hydroxyl groups excluding tert-OH is 1. The van der Waals surface area contributed by atoms with E-state index in [1.165, 1.54) is 11.3 Å². The molecule has 9 heteroatoms. The van der Waals surface area contributed by atoms with Crippen LogP contribution in [0.4, 0.5) is 5.69 Å². The minimum Gasteiger partial charge on any atom is -0.391 e. The molecule has 0 fully saturated rings. The fraction of sp³-hybridized carbons (Fsp3) is 0.312. The number of hydrogen-bond acceptors (Lipinski definition) is 6. The van der Waals surface area contributed by atoms with Gasteiger partial charge in [-0.15, -0.1) is 11.3 Å². The van der Waals surface area contributed by atoms with E-state index in [1.807, 2.05) is 0 Å². The first kappa shape index (κ1) is 19.3. The lowest BCUT2D eigenvalue weighted by Gasteiger charge is -2.15. The second-order valence-electron chi connectivity index (χ2n) is 5.28. The lowest BCUT2D eigenvalue weighted by atomic mass is 10.2. The van der Waals surface area contributed by atoms with Crippen LogP contribution in [0.2, 0.25) is 5.02 Å². The molecule has 1 atom stereocenters. The number of rotatable bonds is 6. The van der Waals surface area contributed by atoms with Gasteiger partial charge in [-0.3, -0.25) is 9.59 Å². The highest BCUT2D eigenvalue weighted by Gasteiger charge is 2.23. The third-order valence-electron chi connectivity index (χ3n) is 3.42. The minimum absolute atomic E-state index is 0.121. The van der Waals surface area contributed by atoms with Crippen LogP contribution in [0.3, 0.4) is 0 Å². The van der Waals surface area contributed by atoms with Gasteiger partial charge in [0.2, 0.25) is 0 Å². The molecule has 0 bridgehead atoms. The van der Waals surface area contributed by atoms with Crippen LogP contribution >= 0.6 is 22.9 Å². The van der Waals surface area contributed by atoms with E-state index < -0.39 is 17.9 Å². The zero-order valence-electron chi connectivity index (χ0n) is 13.6. The molecule has 0 saturated carbocycles. The summed E-state index contributed by atoms with van der Waals surface area (Å²) in [6.45, 7) is 1.97. The number of aryl methyl sites for hydroxylation is 1. The molecule has 2 amide bonds. The molecule has 0 unspecified atom stereocenters. The predicted molar refractivity (Wildman–Crippen MR) is 97.4 cm³/mol. The van der Waals surface area contributed by atoms with Gasteiger partial charge in [-0.2, -0.15) is 0 Å². The molecule has 2 aromatic rings. The van der Waals surface area contributed by atoms with Crippen LogP contribution in [0.5, 0.6) is 0 Å². The number of aromatic nitrogens is 1. The molecule has 5 N–H and O–H groups in total. The number of carbonyl (C=O) groups is 2. The summed E-state index contributed by atoms with van der Waals surface area (Å²) in [6, 6.07) is 5.94. The van der Waals surface area contributed by atoms with Gasteiger partial charge in [0, 0.05) is 10.7 Å². The summed E-state index contributed by atoms with van der Waals surface area (Å²) >= 11 is 7.07. The summed E-state index contributed by atoms with van der Waals surface area (Å²) < 4.78 is 0. The molecule has 25 heavy (non-hydrogen) atoms. The number of aliphatic hydroxyl groups is 1. The Morgan fingerprint density at radius 3 is 2.56 bits per heavy atom. The van der Waals surface area contributed by atoms with Crippen LogP contribution in [0.25, 0.3) is 0 Å². The van der Waals surface area contributed by atoms with Crippen molar-refractivity contribution in [3.63, 3.8) is 0 Å². The van der Waals surface area contributed by atoms with E-state index in [0.717, 1.165) is 4.88 Å². The number of halogens is 1. The Morgan fingerprint density at radius 2 is 2.00 bits per heavy atom. The molecule has 0 spiro atoms. The Kier molecular flexibility index (Phi) is 6.89. The highest BCUT2D eigenvalue weighted by atomic mass is 35.5. The SMILES string of the molecule is Cc1nc([C@@H](CCN)NC(=O)C(=O)Nc2ccc(Cl)cc2)sc1CO. The Balaban J connectivity index is 2.05. The number of nitrogens with zero attached hydrogens (tertiary/aromatic N) is 1. The van der Waals surface area contributed by atoms with Crippen molar-refractivity contribution in [2.45, 2.75) is 26.0 Å². The minimum atomic E-state index is -0.792. The molecule has 1 aromatic carbocycles. The molecule has 0 radical (unpaired) electrons. The molecule has 1 heterocycles. The molecule has 134 valence electrons. The third kappa shape index (κ3) is 5.23. The predicted octanol–water partition coefficient (Wildman–Crippen LogP) is 1.74. The first-order valence-electron chi connectivity index (χ1n) is 7.59. The molecule has 0 saturated heterocycles. The van der Waals surface area contributed by atoms with Crippen molar-refractivity contribution in [1.82, 2.24) is 10.3 Å². The van der Waals surface area contributed by atoms with E-state index in [-0.39, 0.29) is 6.61 Å². The van der Waals surface area contributed by atoms with Gasteiger partial charge in [-0.1, -0.05) is 11.6 Å². The Labute approximate surface area is 154 Å². The van der Waals surface area contributed by atoms with Crippen molar-refractivity contribution >= 4 is 40.4 Å². The quantitative estimate of drug-likeness (QED) is 0.568. The van der Waals surface area contributed by atoms with Crippen molar-refractivity contribution in [3.8, 4) is 0 Å². The molecular weight excluding hydrogens is 364 g/mol. The van der Waals surface area contributed by atoms with Gasteiger partial charge in [-0.25, -0.2) is 4.98 Å². The number of benzene rings is 1. The number of thiazole rings is 1. The summed E-state index contributed by atoms with van der Waals surface area (Å²) in [6.07, 6.45) is 0.428. The van der Waals surface area contributed by atoms with Crippen LogP contribution in [0, 0.1) is 6.92 Å². The van der Waals surface area contributed by atoms with Crippen LogP contribution in [0.15, 0.2) is 24.3 Å². The van der Waals surface area contributed by atoms with Crippen molar-refractivity contribution < 1.29 is 14.7 Å². The van der Waals surface area contributed by atoms with Crippen LogP contribution in [-0.4, -0.2) is 28.4 Å². The molecule has 2 rings (SSSR count). The lowest BCUT2D eigenvalue weighted by molar-refractivity contribution is -0.136. The van der Waals surface area contributed by atoms with Gasteiger partial charge in [0.05, 0.1) is 23.2 Å². The maximum Gasteiger partial charge on any atom is 0.313 e. The summed E-state index contributed by atoms with van der Waals surface area (Å²) in [4.78, 5) is 29.3. The number of carbonyl (C=O) groups excluding carboxylic acids is 2. The van der Waals surface area contributed by atoms with Gasteiger partial charge >= 0.3 is 11.8 Å². The largest absolute Gasteiger partial charge is 0.391 e. The summed E-state index contributed by atoms with van der Waals surface area (Å²) in [5.74, 6) is -1.58. The Hall–Kier alpha value is -2.00. The summed E-state index contributed by atoms with van der Waals surface area (Å²) in [7, 11) is 0. The van der Waals surface area contributed by atoms with Crippen molar-refractivity contribution in [2.75, 3.05) is 11.9 Å². The smallest absolute Gasteiger partial charge is 0.313 e. The van der Waals surface area contributed by atoms with Gasteiger partial charge in [-0.05, 0) is 44.2 Å². The van der Waals surface area contributed by atoms with E-state index in [9.17, 15) is 14.7 Å². The van der Waals surface area contributed by atoms with Crippen LogP contribution < -0.4 is 16.4 Å². The molecule has 0 aliphatic rings. The Bertz CT molecular complexity index is 748. The maximum absolute atomic E-state index is 12.2. The standard InChI is InChI=1S/C16H19ClN4O3S/c1-9-13(8-22)25-16(19-9)12(6-7-18)21-15(24)14(23)20-11-4-2-10(17)3-5-11/h2-5,12,22H,6-8,18H2,1H3,(H,20,23)(H,21,24)/t12-/m1/s1. The van der Waals surface area contributed by atoms with Gasteiger partial charge in [0.15, 0.2) is 0 Å². The first-order valence-corrected chi connectivity index (χ1v) is 8.78. The van der Waals surface area contributed by atoms with E-state index >= 15 is 0 Å². The maximum atomic E-state index is 12.2. The lowest BCUT2D eigenvalue weighted by Crippen LogP contribution is -2.38. The number of nitrogens with one attached hydrogen (secondary N) is 2. The number of anilines is 1. The van der Waals surface area contributed by atoms with E-state index in [1.54, 1.807) is 31.2 Å². The number of amides is 2. The number of hydrogen-bond donors (Lipinski definition) is 4. The average molecular weight is 383 g/mol. The molecule has 0 aliphatic heterocycles. The van der Waals surface area contributed by atoms with E-state index in [2.05, 4.69) is 15.6 Å². The van der Waals surface area contributed by atoms with Gasteiger partial charge < -0.3 is 21.5 Å². The zero-order valence-corrected chi connectivity index (χ0v) is 15.2. The summed E-state index contributed by atoms with van der Waals surface area (Å²) in [5.41, 5.74) is 6.76. The fourth-order valence-corrected chi connectivity index (χ4v) is 3.25. The third-order valence-corrected chi connectivity index (χ3v) is 4.93. The Morgan fingerprint density at radius 1 is 1.32 bits per heavy atom. The van der Waals surface area contributed by atoms with Crippen molar-refractivity contribution in [2.24, 2.45) is 5.73 Å². The molecule has 1 aromatic heterocycles. The second kappa shape index (κ2) is 8.91. The van der Waals surface area contributed by atoms with Crippen LogP contribution in [-0.2, 0) is 16.2 Å². The van der Waals surface area contributed by atoms with E-state index in [0.29, 0.717) is 34.4 Å². The van der Waals surface area contributed by atoms with Crippen LogP contribution in [0.1, 0.15) is 28.0 Å². The topological polar surface area (TPSA) is 117 Å². The highest BCUT2D eigenvalue weighted by molar-refractivity contribution is 7.11. The monoisotopic (exact) mass is 382 g/mol. The summed E-state index contributed by atoms with van der Waals surface area (Å²) in [5, 5.41) is 15.6. The van der Waals surface area contributed by atoms with Crippen molar-refractivity contribution in [3.05, 3.63) is 44.9 Å². The van der Waals surface area contributed by atoms with Gasteiger partial charge in [0.1, 0.15) is 5.01 Å². The van der Waals surface area contributed by atoms with Gasteiger partial charge in [0.25, 0.3) is 0 Å². The fourth-order valence-electron chi connectivity index (χ4n) is 2.12. The molecular formula is C16H19ClN4O3S. The molecule has 7 nitrogen and oxygen atoms in total. The normalized spacial score (nSPS) is 11.8.